The number of hydrogen-bond donors (Lipinski definition) is 1. The summed E-state index contributed by atoms with van der Waals surface area (Å²) < 4.78 is 44.1. The SMILES string of the molecule is COc1cc(CBr)nc(OC(F)(F)F)c1O. The summed E-state index contributed by atoms with van der Waals surface area (Å²) in [5, 5.41) is 9.55. The number of alkyl halides is 4. The van der Waals surface area contributed by atoms with Crippen molar-refractivity contribution in [3.8, 4) is 17.4 Å². The Hall–Kier alpha value is -1.18. The van der Waals surface area contributed by atoms with Crippen LogP contribution in [0.15, 0.2) is 6.07 Å². The van der Waals surface area contributed by atoms with Crippen LogP contribution in [0.3, 0.4) is 0 Å². The van der Waals surface area contributed by atoms with E-state index in [2.05, 4.69) is 30.4 Å². The number of aromatic hydroxyl groups is 1. The van der Waals surface area contributed by atoms with Gasteiger partial charge < -0.3 is 14.6 Å². The molecule has 0 bridgehead atoms. The minimum atomic E-state index is -4.92. The predicted molar refractivity (Wildman–Crippen MR) is 51.8 cm³/mol. The van der Waals surface area contributed by atoms with Gasteiger partial charge in [0, 0.05) is 11.4 Å². The molecule has 1 rings (SSSR count). The number of aromatic nitrogens is 1. The molecule has 0 aromatic carbocycles. The predicted octanol–water partition coefficient (Wildman–Crippen LogP) is 2.59. The van der Waals surface area contributed by atoms with Gasteiger partial charge in [0.25, 0.3) is 5.88 Å². The third-order valence-corrected chi connectivity index (χ3v) is 2.12. The zero-order valence-electron chi connectivity index (χ0n) is 8.01. The van der Waals surface area contributed by atoms with Crippen LogP contribution in [0.25, 0.3) is 0 Å². The van der Waals surface area contributed by atoms with Crippen molar-refractivity contribution in [2.24, 2.45) is 0 Å². The van der Waals surface area contributed by atoms with Gasteiger partial charge in [0.05, 0.1) is 12.8 Å². The van der Waals surface area contributed by atoms with Crippen LogP contribution in [-0.2, 0) is 5.33 Å². The Morgan fingerprint density at radius 1 is 1.50 bits per heavy atom. The Balaban J connectivity index is 3.16. The van der Waals surface area contributed by atoms with E-state index in [4.69, 9.17) is 0 Å². The number of hydrogen-bond acceptors (Lipinski definition) is 4. The summed E-state index contributed by atoms with van der Waals surface area (Å²) in [5.74, 6) is -1.85. The molecule has 90 valence electrons. The van der Waals surface area contributed by atoms with E-state index >= 15 is 0 Å². The van der Waals surface area contributed by atoms with E-state index in [1.54, 1.807) is 0 Å². The van der Waals surface area contributed by atoms with Crippen molar-refractivity contribution in [2.75, 3.05) is 7.11 Å². The number of nitrogens with zero attached hydrogens (tertiary/aromatic N) is 1. The summed E-state index contributed by atoms with van der Waals surface area (Å²) in [6, 6.07) is 1.30. The van der Waals surface area contributed by atoms with E-state index in [-0.39, 0.29) is 16.8 Å². The van der Waals surface area contributed by atoms with Gasteiger partial charge in [-0.1, -0.05) is 15.9 Å². The zero-order chi connectivity index (χ0) is 12.3. The quantitative estimate of drug-likeness (QED) is 0.872. The summed E-state index contributed by atoms with van der Waals surface area (Å²) in [5.41, 5.74) is 0.244. The highest BCUT2D eigenvalue weighted by atomic mass is 79.9. The first-order valence-electron chi connectivity index (χ1n) is 3.96. The third-order valence-electron chi connectivity index (χ3n) is 1.55. The van der Waals surface area contributed by atoms with Crippen LogP contribution < -0.4 is 9.47 Å². The van der Waals surface area contributed by atoms with Crippen molar-refractivity contribution in [2.45, 2.75) is 11.7 Å². The molecule has 1 aromatic rings. The summed E-state index contributed by atoms with van der Waals surface area (Å²) in [6.45, 7) is 0. The lowest BCUT2D eigenvalue weighted by Crippen LogP contribution is -2.18. The van der Waals surface area contributed by atoms with Gasteiger partial charge in [-0.2, -0.15) is 0 Å². The standard InChI is InChI=1S/C8H7BrF3NO3/c1-15-5-2-4(3-9)13-7(6(5)14)16-8(10,11)12/h2,14H,3H2,1H3. The molecule has 0 radical (unpaired) electrons. The molecule has 1 heterocycles. The number of pyridine rings is 1. The number of rotatable bonds is 3. The molecule has 0 spiro atoms. The van der Waals surface area contributed by atoms with Gasteiger partial charge in [0.15, 0.2) is 5.75 Å². The largest absolute Gasteiger partial charge is 0.574 e. The number of ether oxygens (including phenoxy) is 2. The van der Waals surface area contributed by atoms with Crippen LogP contribution in [0.2, 0.25) is 0 Å². The monoisotopic (exact) mass is 301 g/mol. The van der Waals surface area contributed by atoms with Gasteiger partial charge in [-0.3, -0.25) is 0 Å². The lowest BCUT2D eigenvalue weighted by atomic mass is 10.3. The summed E-state index contributed by atoms with van der Waals surface area (Å²) in [4.78, 5) is 3.47. The normalized spacial score (nSPS) is 11.3. The van der Waals surface area contributed by atoms with E-state index in [9.17, 15) is 18.3 Å². The molecule has 0 aliphatic heterocycles. The van der Waals surface area contributed by atoms with E-state index < -0.39 is 18.0 Å². The zero-order valence-corrected chi connectivity index (χ0v) is 9.59. The first-order chi connectivity index (χ1) is 7.37. The number of methoxy groups -OCH3 is 1. The Bertz CT molecular complexity index is 384. The Labute approximate surface area is 97.1 Å². The Morgan fingerprint density at radius 2 is 2.12 bits per heavy atom. The lowest BCUT2D eigenvalue weighted by Gasteiger charge is -2.12. The second-order valence-corrected chi connectivity index (χ2v) is 3.21. The maximum atomic E-state index is 12.0. The second kappa shape index (κ2) is 4.77. The summed E-state index contributed by atoms with van der Waals surface area (Å²) in [7, 11) is 1.21. The molecule has 0 amide bonds. The summed E-state index contributed by atoms with van der Waals surface area (Å²) >= 11 is 3.02. The van der Waals surface area contributed by atoms with Crippen LogP contribution in [0.4, 0.5) is 13.2 Å². The van der Waals surface area contributed by atoms with Gasteiger partial charge in [-0.25, -0.2) is 4.98 Å². The fourth-order valence-electron chi connectivity index (χ4n) is 0.946. The molecule has 0 fully saturated rings. The van der Waals surface area contributed by atoms with Crippen LogP contribution in [0.1, 0.15) is 5.69 Å². The van der Waals surface area contributed by atoms with Crippen molar-refractivity contribution in [1.29, 1.82) is 0 Å². The van der Waals surface area contributed by atoms with E-state index in [0.29, 0.717) is 0 Å². The van der Waals surface area contributed by atoms with Gasteiger partial charge >= 0.3 is 6.36 Å². The second-order valence-electron chi connectivity index (χ2n) is 2.65. The Kier molecular flexibility index (Phi) is 3.84. The van der Waals surface area contributed by atoms with Crippen LogP contribution in [0.5, 0.6) is 17.4 Å². The van der Waals surface area contributed by atoms with Crippen molar-refractivity contribution in [1.82, 2.24) is 4.98 Å². The lowest BCUT2D eigenvalue weighted by molar-refractivity contribution is -0.276. The van der Waals surface area contributed by atoms with Gasteiger partial charge in [0.1, 0.15) is 0 Å². The minimum absolute atomic E-state index is 0.135. The maximum Gasteiger partial charge on any atom is 0.574 e. The average Bonchev–Trinajstić information content (AvgIpc) is 2.19. The van der Waals surface area contributed by atoms with Gasteiger partial charge in [-0.15, -0.1) is 13.2 Å². The molecule has 1 N–H and O–H groups in total. The molecule has 0 aliphatic rings. The van der Waals surface area contributed by atoms with Crippen molar-refractivity contribution >= 4 is 15.9 Å². The average molecular weight is 302 g/mol. The van der Waals surface area contributed by atoms with Crippen LogP contribution in [0, 0.1) is 0 Å². The smallest absolute Gasteiger partial charge is 0.501 e. The minimum Gasteiger partial charge on any atom is -0.501 e. The third kappa shape index (κ3) is 3.16. The highest BCUT2D eigenvalue weighted by Gasteiger charge is 2.34. The van der Waals surface area contributed by atoms with Gasteiger partial charge in [-0.05, 0) is 0 Å². The fraction of sp³-hybridized carbons (Fsp3) is 0.375. The molecule has 8 heteroatoms. The van der Waals surface area contributed by atoms with Crippen molar-refractivity contribution in [3.05, 3.63) is 11.8 Å². The highest BCUT2D eigenvalue weighted by molar-refractivity contribution is 9.08. The number of halogens is 4. The van der Waals surface area contributed by atoms with Crippen LogP contribution >= 0.6 is 15.9 Å². The van der Waals surface area contributed by atoms with Crippen molar-refractivity contribution in [3.63, 3.8) is 0 Å². The van der Waals surface area contributed by atoms with E-state index in [0.717, 1.165) is 0 Å². The first kappa shape index (κ1) is 12.9. The first-order valence-corrected chi connectivity index (χ1v) is 5.08. The summed E-state index contributed by atoms with van der Waals surface area (Å²) in [6.07, 6.45) is -4.92. The molecule has 16 heavy (non-hydrogen) atoms. The molecule has 0 atom stereocenters. The molecule has 0 saturated carbocycles. The highest BCUT2D eigenvalue weighted by Crippen LogP contribution is 2.37. The fourth-order valence-corrected chi connectivity index (χ4v) is 1.23. The Morgan fingerprint density at radius 3 is 2.56 bits per heavy atom. The van der Waals surface area contributed by atoms with E-state index in [1.807, 2.05) is 0 Å². The van der Waals surface area contributed by atoms with E-state index in [1.165, 1.54) is 13.2 Å². The van der Waals surface area contributed by atoms with Crippen molar-refractivity contribution < 1.29 is 27.8 Å². The van der Waals surface area contributed by atoms with Crippen LogP contribution in [-0.4, -0.2) is 23.6 Å². The van der Waals surface area contributed by atoms with Gasteiger partial charge in [0.2, 0.25) is 5.75 Å². The molecule has 0 unspecified atom stereocenters. The molecule has 4 nitrogen and oxygen atoms in total. The molecule has 0 aliphatic carbocycles. The maximum absolute atomic E-state index is 12.0. The molecular weight excluding hydrogens is 295 g/mol. The molecular formula is C8H7BrF3NO3. The molecule has 1 aromatic heterocycles. The topological polar surface area (TPSA) is 51.6 Å². The molecule has 0 saturated heterocycles.